The molecule has 0 aromatic rings. The van der Waals surface area contributed by atoms with E-state index in [-0.39, 0.29) is 23.8 Å². The topological polar surface area (TPSA) is 72.8 Å². The largest absolute Gasteiger partial charge is 0.462 e. The zero-order valence-electron chi connectivity index (χ0n) is 13.6. The molecule has 0 radical (unpaired) electrons. The van der Waals surface area contributed by atoms with Gasteiger partial charge in [0, 0.05) is 24.7 Å². The molecule has 1 aliphatic heterocycles. The zero-order chi connectivity index (χ0) is 16.3. The maximum absolute atomic E-state index is 12.0. The Morgan fingerprint density at radius 2 is 2.18 bits per heavy atom. The van der Waals surface area contributed by atoms with E-state index in [1.165, 1.54) is 6.92 Å². The number of fused-ring (bicyclic) bond motifs is 3. The normalized spacial score (nSPS) is 47.1. The summed E-state index contributed by atoms with van der Waals surface area (Å²) < 4.78 is 11.1. The summed E-state index contributed by atoms with van der Waals surface area (Å²) in [6.45, 7) is 7.08. The standard InChI is InChI=1S/C17H24O5/c1-9-5-6-13(21-11(3)18)16(4)8-7-12-10(2)15(19)22-14(12)17(9,16)20/h5,10,12-14,20H,6-8H2,1-4H3/t10-,12-,13-,14-,16+,17+/m0/s1. The van der Waals surface area contributed by atoms with Gasteiger partial charge in [0.2, 0.25) is 0 Å². The van der Waals surface area contributed by atoms with Crippen molar-refractivity contribution in [3.63, 3.8) is 0 Å². The van der Waals surface area contributed by atoms with Gasteiger partial charge in [-0.1, -0.05) is 19.9 Å². The molecule has 1 saturated heterocycles. The summed E-state index contributed by atoms with van der Waals surface area (Å²) in [5, 5.41) is 11.6. The fourth-order valence-corrected chi connectivity index (χ4v) is 4.69. The van der Waals surface area contributed by atoms with Gasteiger partial charge in [-0.2, -0.15) is 0 Å². The van der Waals surface area contributed by atoms with Crippen molar-refractivity contribution in [2.45, 2.75) is 64.8 Å². The highest BCUT2D eigenvalue weighted by Gasteiger charge is 2.67. The fraction of sp³-hybridized carbons (Fsp3) is 0.765. The third-order valence-corrected chi connectivity index (χ3v) is 6.18. The van der Waals surface area contributed by atoms with Crippen LogP contribution in [0.3, 0.4) is 0 Å². The molecule has 0 amide bonds. The van der Waals surface area contributed by atoms with Crippen molar-refractivity contribution >= 4 is 11.9 Å². The minimum atomic E-state index is -1.27. The van der Waals surface area contributed by atoms with Gasteiger partial charge in [0.15, 0.2) is 0 Å². The molecule has 0 bridgehead atoms. The quantitative estimate of drug-likeness (QED) is 0.592. The lowest BCUT2D eigenvalue weighted by Gasteiger charge is -2.57. The van der Waals surface area contributed by atoms with Crippen molar-refractivity contribution in [2.24, 2.45) is 17.3 Å². The smallest absolute Gasteiger partial charge is 0.309 e. The molecule has 0 spiro atoms. The van der Waals surface area contributed by atoms with Crippen LogP contribution in [0.2, 0.25) is 0 Å². The van der Waals surface area contributed by atoms with E-state index in [4.69, 9.17) is 9.47 Å². The van der Waals surface area contributed by atoms with Crippen LogP contribution in [-0.4, -0.2) is 34.9 Å². The molecule has 1 saturated carbocycles. The van der Waals surface area contributed by atoms with Crippen LogP contribution in [-0.2, 0) is 19.1 Å². The van der Waals surface area contributed by atoms with Crippen molar-refractivity contribution < 1.29 is 24.2 Å². The van der Waals surface area contributed by atoms with Crippen molar-refractivity contribution in [3.8, 4) is 0 Å². The minimum absolute atomic E-state index is 0.0185. The summed E-state index contributed by atoms with van der Waals surface area (Å²) in [4.78, 5) is 23.4. The van der Waals surface area contributed by atoms with Crippen LogP contribution in [0, 0.1) is 17.3 Å². The van der Waals surface area contributed by atoms with E-state index in [2.05, 4.69) is 0 Å². The molecule has 122 valence electrons. The van der Waals surface area contributed by atoms with Crippen molar-refractivity contribution in [2.75, 3.05) is 0 Å². The van der Waals surface area contributed by atoms with Crippen molar-refractivity contribution in [1.82, 2.24) is 0 Å². The lowest BCUT2D eigenvalue weighted by Crippen LogP contribution is -2.66. The predicted octanol–water partition coefficient (Wildman–Crippen LogP) is 1.98. The van der Waals surface area contributed by atoms with Gasteiger partial charge in [-0.15, -0.1) is 0 Å². The molecule has 1 heterocycles. The second-order valence-electron chi connectivity index (χ2n) is 7.25. The zero-order valence-corrected chi connectivity index (χ0v) is 13.6. The third kappa shape index (κ3) is 1.81. The Bertz CT molecular complexity index is 553. The molecule has 3 aliphatic rings. The fourth-order valence-electron chi connectivity index (χ4n) is 4.69. The highest BCUT2D eigenvalue weighted by molar-refractivity contribution is 5.75. The van der Waals surface area contributed by atoms with Crippen LogP contribution in [0.15, 0.2) is 11.6 Å². The van der Waals surface area contributed by atoms with Crippen LogP contribution >= 0.6 is 0 Å². The van der Waals surface area contributed by atoms with Crippen LogP contribution in [0.25, 0.3) is 0 Å². The van der Waals surface area contributed by atoms with Crippen LogP contribution in [0.1, 0.15) is 47.0 Å². The first kappa shape index (κ1) is 15.5. The van der Waals surface area contributed by atoms with Crippen LogP contribution < -0.4 is 0 Å². The number of ether oxygens (including phenoxy) is 2. The van der Waals surface area contributed by atoms with Gasteiger partial charge in [-0.05, 0) is 25.3 Å². The summed E-state index contributed by atoms with van der Waals surface area (Å²) in [5.41, 5.74) is -1.09. The molecule has 2 aliphatic carbocycles. The van der Waals surface area contributed by atoms with Crippen LogP contribution in [0.5, 0.6) is 0 Å². The Hall–Kier alpha value is -1.36. The van der Waals surface area contributed by atoms with Crippen LogP contribution in [0.4, 0.5) is 0 Å². The molecule has 0 aromatic carbocycles. The number of aliphatic hydroxyl groups is 1. The first-order valence-electron chi connectivity index (χ1n) is 7.99. The number of esters is 2. The highest BCUT2D eigenvalue weighted by atomic mass is 16.6. The molecule has 6 atom stereocenters. The van der Waals surface area contributed by atoms with Crippen molar-refractivity contribution in [1.29, 1.82) is 0 Å². The van der Waals surface area contributed by atoms with Gasteiger partial charge in [0.1, 0.15) is 17.8 Å². The van der Waals surface area contributed by atoms with E-state index in [0.29, 0.717) is 12.8 Å². The minimum Gasteiger partial charge on any atom is -0.462 e. The van der Waals surface area contributed by atoms with E-state index in [1.54, 1.807) is 0 Å². The number of hydrogen-bond acceptors (Lipinski definition) is 5. The summed E-state index contributed by atoms with van der Waals surface area (Å²) in [6.07, 6.45) is 3.05. The summed E-state index contributed by atoms with van der Waals surface area (Å²) in [7, 11) is 0. The van der Waals surface area contributed by atoms with Gasteiger partial charge in [-0.25, -0.2) is 0 Å². The Morgan fingerprint density at radius 1 is 1.50 bits per heavy atom. The van der Waals surface area contributed by atoms with Gasteiger partial charge in [-0.3, -0.25) is 9.59 Å². The number of rotatable bonds is 1. The SMILES string of the molecule is CC(=O)O[C@H]1CC=C(C)[C@@]2(O)[C@H]3OC(=O)[C@@H](C)[C@@H]3CC[C@]12C. The molecule has 5 nitrogen and oxygen atoms in total. The Balaban J connectivity index is 2.05. The maximum atomic E-state index is 12.0. The number of hydrogen-bond donors (Lipinski definition) is 1. The van der Waals surface area contributed by atoms with Gasteiger partial charge < -0.3 is 14.6 Å². The molecule has 3 rings (SSSR count). The average molecular weight is 308 g/mol. The predicted molar refractivity (Wildman–Crippen MR) is 78.8 cm³/mol. The molecule has 5 heteroatoms. The van der Waals surface area contributed by atoms with E-state index in [9.17, 15) is 14.7 Å². The molecule has 0 unspecified atom stereocenters. The number of carbonyl (C=O) groups is 2. The van der Waals surface area contributed by atoms with E-state index >= 15 is 0 Å². The molecule has 0 aromatic heterocycles. The van der Waals surface area contributed by atoms with Crippen molar-refractivity contribution in [3.05, 3.63) is 11.6 Å². The first-order chi connectivity index (χ1) is 10.2. The first-order valence-corrected chi connectivity index (χ1v) is 7.99. The third-order valence-electron chi connectivity index (χ3n) is 6.18. The lowest BCUT2D eigenvalue weighted by atomic mass is 9.52. The Kier molecular flexibility index (Phi) is 3.40. The Labute approximate surface area is 130 Å². The maximum Gasteiger partial charge on any atom is 0.309 e. The number of carbonyl (C=O) groups excluding carboxylic acids is 2. The van der Waals surface area contributed by atoms with E-state index < -0.39 is 23.2 Å². The Morgan fingerprint density at radius 3 is 2.82 bits per heavy atom. The molecule has 22 heavy (non-hydrogen) atoms. The van der Waals surface area contributed by atoms with E-state index in [1.807, 2.05) is 26.8 Å². The highest BCUT2D eigenvalue weighted by Crippen LogP contribution is 2.59. The van der Waals surface area contributed by atoms with Gasteiger partial charge in [0.05, 0.1) is 5.92 Å². The van der Waals surface area contributed by atoms with E-state index in [0.717, 1.165) is 12.0 Å². The average Bonchev–Trinajstić information content (AvgIpc) is 2.73. The second kappa shape index (κ2) is 4.82. The molecular weight excluding hydrogens is 284 g/mol. The summed E-state index contributed by atoms with van der Waals surface area (Å²) in [6, 6.07) is 0. The second-order valence-corrected chi connectivity index (χ2v) is 7.25. The summed E-state index contributed by atoms with van der Waals surface area (Å²) in [5.74, 6) is -0.763. The lowest BCUT2D eigenvalue weighted by molar-refractivity contribution is -0.218. The van der Waals surface area contributed by atoms with Gasteiger partial charge >= 0.3 is 11.9 Å². The van der Waals surface area contributed by atoms with Gasteiger partial charge in [0.25, 0.3) is 0 Å². The summed E-state index contributed by atoms with van der Waals surface area (Å²) >= 11 is 0. The molecule has 2 fully saturated rings. The molecular formula is C17H24O5. The molecule has 1 N–H and O–H groups in total. The monoisotopic (exact) mass is 308 g/mol.